The number of benzene rings is 2. The Labute approximate surface area is 167 Å². The molecule has 142 valence electrons. The van der Waals surface area contributed by atoms with Crippen molar-refractivity contribution < 1.29 is 14.3 Å². The molecule has 2 heterocycles. The highest BCUT2D eigenvalue weighted by Gasteiger charge is 2.30. The number of nitrogens with zero attached hydrogens (tertiary/aromatic N) is 1. The maximum absolute atomic E-state index is 12.4. The van der Waals surface area contributed by atoms with Crippen LogP contribution >= 0.6 is 11.3 Å². The smallest absolute Gasteiger partial charge is 0.339 e. The number of amides is 1. The molecule has 0 saturated heterocycles. The predicted molar refractivity (Wildman–Crippen MR) is 108 cm³/mol. The monoisotopic (exact) mass is 392 g/mol. The molecule has 6 heteroatoms. The second-order valence-electron chi connectivity index (χ2n) is 6.74. The number of fused-ring (bicyclic) bond motifs is 1. The van der Waals surface area contributed by atoms with Crippen molar-refractivity contribution in [3.8, 4) is 11.3 Å². The van der Waals surface area contributed by atoms with Gasteiger partial charge in [-0.15, -0.1) is 11.3 Å². The van der Waals surface area contributed by atoms with E-state index in [1.807, 2.05) is 48.7 Å². The lowest BCUT2D eigenvalue weighted by atomic mass is 9.98. The number of nitrogens with one attached hydrogen (secondary N) is 1. The van der Waals surface area contributed by atoms with Gasteiger partial charge in [0.2, 0.25) is 0 Å². The molecular weight excluding hydrogens is 372 g/mol. The molecule has 1 aliphatic rings. The van der Waals surface area contributed by atoms with E-state index in [0.717, 1.165) is 27.4 Å². The topological polar surface area (TPSA) is 68.3 Å². The molecular formula is C22H20N2O3S. The quantitative estimate of drug-likeness (QED) is 0.674. The predicted octanol–water partition coefficient (Wildman–Crippen LogP) is 3.56. The van der Waals surface area contributed by atoms with Crippen molar-refractivity contribution >= 4 is 23.2 Å². The van der Waals surface area contributed by atoms with Crippen LogP contribution in [0.3, 0.4) is 0 Å². The number of aromatic nitrogens is 1. The van der Waals surface area contributed by atoms with Crippen LogP contribution in [-0.2, 0) is 22.4 Å². The van der Waals surface area contributed by atoms with Crippen LogP contribution in [0.5, 0.6) is 0 Å². The van der Waals surface area contributed by atoms with Gasteiger partial charge in [-0.1, -0.05) is 42.5 Å². The van der Waals surface area contributed by atoms with Gasteiger partial charge in [0.25, 0.3) is 5.91 Å². The molecule has 28 heavy (non-hydrogen) atoms. The first kappa shape index (κ1) is 18.4. The number of carbonyl (C=O) groups is 2. The largest absolute Gasteiger partial charge is 0.448 e. The highest BCUT2D eigenvalue weighted by molar-refractivity contribution is 7.09. The molecule has 5 nitrogen and oxygen atoms in total. The average Bonchev–Trinajstić information content (AvgIpc) is 3.15. The molecule has 4 rings (SSSR count). The Hall–Kier alpha value is -2.99. The molecule has 0 unspecified atom stereocenters. The molecule has 2 aromatic carbocycles. The first-order valence-electron chi connectivity index (χ1n) is 9.18. The number of aryl methyl sites for hydroxylation is 1. The van der Waals surface area contributed by atoms with Crippen molar-refractivity contribution in [3.63, 3.8) is 0 Å². The van der Waals surface area contributed by atoms with E-state index in [1.165, 1.54) is 0 Å². The number of rotatable bonds is 5. The molecule has 1 N–H and O–H groups in total. The van der Waals surface area contributed by atoms with Crippen molar-refractivity contribution in [3.05, 3.63) is 75.6 Å². The molecule has 1 atom stereocenters. The van der Waals surface area contributed by atoms with Crippen LogP contribution in [-0.4, -0.2) is 29.5 Å². The number of ether oxygens (including phenoxy) is 1. The van der Waals surface area contributed by atoms with E-state index in [9.17, 15) is 9.59 Å². The van der Waals surface area contributed by atoms with Gasteiger partial charge in [0.05, 0.1) is 16.3 Å². The summed E-state index contributed by atoms with van der Waals surface area (Å²) in [5, 5.41) is 5.97. The van der Waals surface area contributed by atoms with Crippen LogP contribution in [0.1, 0.15) is 26.5 Å². The fraction of sp³-hybridized carbons (Fsp3) is 0.227. The maximum Gasteiger partial charge on any atom is 0.339 e. The Morgan fingerprint density at radius 2 is 2.00 bits per heavy atom. The Balaban J connectivity index is 1.30. The van der Waals surface area contributed by atoms with Crippen molar-refractivity contribution in [1.82, 2.24) is 10.3 Å². The summed E-state index contributed by atoms with van der Waals surface area (Å²) in [6.45, 7) is 2.48. The van der Waals surface area contributed by atoms with Gasteiger partial charge in [-0.25, -0.2) is 9.78 Å². The first-order valence-corrected chi connectivity index (χ1v) is 10.1. The van der Waals surface area contributed by atoms with Gasteiger partial charge in [0, 0.05) is 23.9 Å². The van der Waals surface area contributed by atoms with Gasteiger partial charge in [0.1, 0.15) is 0 Å². The number of thiazole rings is 1. The van der Waals surface area contributed by atoms with Gasteiger partial charge in [-0.2, -0.15) is 0 Å². The van der Waals surface area contributed by atoms with E-state index >= 15 is 0 Å². The number of hydrogen-bond acceptors (Lipinski definition) is 5. The molecule has 3 aromatic rings. The summed E-state index contributed by atoms with van der Waals surface area (Å²) >= 11 is 1.64. The Morgan fingerprint density at radius 3 is 2.75 bits per heavy atom. The first-order chi connectivity index (χ1) is 13.6. The second-order valence-corrected chi connectivity index (χ2v) is 7.81. The maximum atomic E-state index is 12.4. The summed E-state index contributed by atoms with van der Waals surface area (Å²) in [5.74, 6) is -0.688. The van der Waals surface area contributed by atoms with Crippen molar-refractivity contribution in [2.75, 3.05) is 6.54 Å². The van der Waals surface area contributed by atoms with Gasteiger partial charge >= 0.3 is 5.97 Å². The minimum atomic E-state index is -0.766. The molecule has 1 amide bonds. The number of hydrogen-bond donors (Lipinski definition) is 1. The average molecular weight is 392 g/mol. The highest BCUT2D eigenvalue weighted by Crippen LogP contribution is 2.22. The number of cyclic esters (lactones) is 1. The molecule has 0 saturated carbocycles. The Kier molecular flexibility index (Phi) is 5.21. The molecule has 0 fully saturated rings. The number of carbonyl (C=O) groups excluding carboxylic acids is 2. The summed E-state index contributed by atoms with van der Waals surface area (Å²) in [6, 6.07) is 15.4. The van der Waals surface area contributed by atoms with Crippen LogP contribution < -0.4 is 5.32 Å². The SMILES string of the molecule is Cc1nc(-c2ccc(CCNC(=O)[C@H]3Cc4ccccc4C(=O)O3)cc2)cs1. The van der Waals surface area contributed by atoms with Crippen LogP contribution in [0.25, 0.3) is 11.3 Å². The normalized spacial score (nSPS) is 15.6. The van der Waals surface area contributed by atoms with E-state index < -0.39 is 12.1 Å². The van der Waals surface area contributed by atoms with E-state index in [1.54, 1.807) is 23.5 Å². The van der Waals surface area contributed by atoms with E-state index in [4.69, 9.17) is 4.74 Å². The third kappa shape index (κ3) is 3.97. The minimum Gasteiger partial charge on any atom is -0.448 e. The highest BCUT2D eigenvalue weighted by atomic mass is 32.1. The molecule has 0 aliphatic carbocycles. The Morgan fingerprint density at radius 1 is 1.21 bits per heavy atom. The van der Waals surface area contributed by atoms with Gasteiger partial charge in [-0.05, 0) is 30.5 Å². The minimum absolute atomic E-state index is 0.252. The third-order valence-electron chi connectivity index (χ3n) is 4.77. The third-order valence-corrected chi connectivity index (χ3v) is 5.54. The molecule has 0 bridgehead atoms. The zero-order valence-electron chi connectivity index (χ0n) is 15.5. The molecule has 1 aliphatic heterocycles. The van der Waals surface area contributed by atoms with Crippen LogP contribution in [0.4, 0.5) is 0 Å². The lowest BCUT2D eigenvalue weighted by Crippen LogP contribution is -2.42. The summed E-state index contributed by atoms with van der Waals surface area (Å²) in [4.78, 5) is 28.9. The fourth-order valence-corrected chi connectivity index (χ4v) is 3.88. The zero-order valence-corrected chi connectivity index (χ0v) is 16.3. The summed E-state index contributed by atoms with van der Waals surface area (Å²) in [6.07, 6.45) is 0.354. The second kappa shape index (κ2) is 7.94. The Bertz CT molecular complexity index is 1010. The molecule has 0 spiro atoms. The van der Waals surface area contributed by atoms with Gasteiger partial charge < -0.3 is 10.1 Å². The van der Waals surface area contributed by atoms with Gasteiger partial charge in [-0.3, -0.25) is 4.79 Å². The van der Waals surface area contributed by atoms with Gasteiger partial charge in [0.15, 0.2) is 6.10 Å². The number of esters is 1. The van der Waals surface area contributed by atoms with E-state index in [-0.39, 0.29) is 5.91 Å². The van der Waals surface area contributed by atoms with E-state index in [0.29, 0.717) is 24.9 Å². The van der Waals surface area contributed by atoms with Crippen LogP contribution in [0.15, 0.2) is 53.9 Å². The molecule has 1 aromatic heterocycles. The lowest BCUT2D eigenvalue weighted by Gasteiger charge is -2.23. The van der Waals surface area contributed by atoms with Crippen molar-refractivity contribution in [2.45, 2.75) is 25.9 Å². The zero-order chi connectivity index (χ0) is 19.5. The molecule has 0 radical (unpaired) electrons. The van der Waals surface area contributed by atoms with Crippen molar-refractivity contribution in [2.24, 2.45) is 0 Å². The van der Waals surface area contributed by atoms with Crippen LogP contribution in [0, 0.1) is 6.92 Å². The summed E-state index contributed by atoms with van der Waals surface area (Å²) in [5.41, 5.74) is 4.60. The lowest BCUT2D eigenvalue weighted by molar-refractivity contribution is -0.130. The van der Waals surface area contributed by atoms with E-state index in [2.05, 4.69) is 10.3 Å². The summed E-state index contributed by atoms with van der Waals surface area (Å²) < 4.78 is 5.29. The fourth-order valence-electron chi connectivity index (χ4n) is 3.26. The summed E-state index contributed by atoms with van der Waals surface area (Å²) in [7, 11) is 0. The standard InChI is InChI=1S/C22H20N2O3S/c1-14-24-19(13-28-14)16-8-6-15(7-9-16)10-11-23-21(25)20-12-17-4-2-3-5-18(17)22(26)27-20/h2-9,13,20H,10-12H2,1H3,(H,23,25)/t20-/m1/s1. The van der Waals surface area contributed by atoms with Crippen molar-refractivity contribution in [1.29, 1.82) is 0 Å². The van der Waals surface area contributed by atoms with Crippen LogP contribution in [0.2, 0.25) is 0 Å².